The molecular weight excluding hydrogens is 198 g/mol. The molecule has 2 aromatic heterocycles. The molecule has 0 saturated carbocycles. The quantitative estimate of drug-likeness (QED) is 0.726. The first-order valence-electron chi connectivity index (χ1n) is 5.96. The fourth-order valence-electron chi connectivity index (χ4n) is 2.46. The Morgan fingerprint density at radius 2 is 2.06 bits per heavy atom. The van der Waals surface area contributed by atoms with Gasteiger partial charge in [0.2, 0.25) is 0 Å². The van der Waals surface area contributed by atoms with Crippen molar-refractivity contribution in [3.63, 3.8) is 0 Å². The van der Waals surface area contributed by atoms with Crippen LogP contribution >= 0.6 is 0 Å². The van der Waals surface area contributed by atoms with Gasteiger partial charge in [0.25, 0.3) is 0 Å². The Balaban J connectivity index is 1.88. The van der Waals surface area contributed by atoms with Gasteiger partial charge in [0.15, 0.2) is 0 Å². The lowest BCUT2D eigenvalue weighted by molar-refractivity contribution is 0.253. The minimum absolute atomic E-state index is 0.649. The predicted molar refractivity (Wildman–Crippen MR) is 64.7 cm³/mol. The van der Waals surface area contributed by atoms with Crippen molar-refractivity contribution < 1.29 is 0 Å². The van der Waals surface area contributed by atoms with Gasteiger partial charge in [0, 0.05) is 12.1 Å². The van der Waals surface area contributed by atoms with E-state index in [9.17, 15) is 0 Å². The summed E-state index contributed by atoms with van der Waals surface area (Å²) in [6.45, 7) is 2.39. The first-order chi connectivity index (χ1) is 7.83. The van der Waals surface area contributed by atoms with Crippen LogP contribution in [0.4, 0.5) is 0 Å². The largest absolute Gasteiger partial charge is 0.306 e. The van der Waals surface area contributed by atoms with E-state index in [-0.39, 0.29) is 0 Å². The van der Waals surface area contributed by atoms with E-state index in [4.69, 9.17) is 0 Å². The molecule has 0 atom stereocenters. The summed E-state index contributed by atoms with van der Waals surface area (Å²) < 4.78 is 1.98. The molecule has 3 heterocycles. The van der Waals surface area contributed by atoms with Crippen molar-refractivity contribution in [3.05, 3.63) is 36.2 Å². The smallest absolute Gasteiger partial charge is 0.0667 e. The maximum atomic E-state index is 4.66. The highest BCUT2D eigenvalue weighted by Crippen LogP contribution is 2.27. The number of hydrogen-bond donors (Lipinski definition) is 0. The third kappa shape index (κ3) is 1.71. The summed E-state index contributed by atoms with van der Waals surface area (Å²) in [6, 6.07) is 8.44. The number of aromatic nitrogens is 2. The standard InChI is InChI=1S/C13H17N3/c1-15-8-5-11(6-9-15)13-10-12-4-2-3-7-16(12)14-13/h2-4,7,10-11H,5-6,8-9H2,1H3. The second kappa shape index (κ2) is 3.91. The van der Waals surface area contributed by atoms with E-state index in [1.165, 1.54) is 37.1 Å². The summed E-state index contributed by atoms with van der Waals surface area (Å²) in [5.41, 5.74) is 2.47. The first-order valence-corrected chi connectivity index (χ1v) is 5.96. The lowest BCUT2D eigenvalue weighted by Gasteiger charge is -2.27. The van der Waals surface area contributed by atoms with Crippen LogP contribution in [0.3, 0.4) is 0 Å². The normalized spacial score (nSPS) is 19.3. The monoisotopic (exact) mass is 215 g/mol. The van der Waals surface area contributed by atoms with E-state index in [1.54, 1.807) is 0 Å². The molecule has 3 nitrogen and oxygen atoms in total. The molecule has 1 fully saturated rings. The number of likely N-dealkylation sites (tertiary alicyclic amines) is 1. The Morgan fingerprint density at radius 1 is 1.25 bits per heavy atom. The Hall–Kier alpha value is -1.35. The molecule has 3 rings (SSSR count). The molecule has 0 spiro atoms. The van der Waals surface area contributed by atoms with Crippen LogP contribution in [0.1, 0.15) is 24.5 Å². The third-order valence-corrected chi connectivity index (χ3v) is 3.53. The summed E-state index contributed by atoms with van der Waals surface area (Å²) >= 11 is 0. The van der Waals surface area contributed by atoms with Crippen molar-refractivity contribution in [2.24, 2.45) is 0 Å². The van der Waals surface area contributed by atoms with E-state index in [0.29, 0.717) is 5.92 Å². The average Bonchev–Trinajstić information content (AvgIpc) is 2.73. The molecule has 0 aliphatic carbocycles. The average molecular weight is 215 g/mol. The highest BCUT2D eigenvalue weighted by molar-refractivity contribution is 5.47. The van der Waals surface area contributed by atoms with E-state index < -0.39 is 0 Å². The molecule has 1 saturated heterocycles. The summed E-state index contributed by atoms with van der Waals surface area (Å²) in [4.78, 5) is 2.40. The van der Waals surface area contributed by atoms with Gasteiger partial charge in [-0.2, -0.15) is 5.10 Å². The molecule has 84 valence electrons. The predicted octanol–water partition coefficient (Wildman–Crippen LogP) is 2.14. The highest BCUT2D eigenvalue weighted by atomic mass is 15.2. The number of rotatable bonds is 1. The Labute approximate surface area is 95.7 Å². The van der Waals surface area contributed by atoms with Gasteiger partial charge in [0.1, 0.15) is 0 Å². The van der Waals surface area contributed by atoms with Gasteiger partial charge in [-0.15, -0.1) is 0 Å². The van der Waals surface area contributed by atoms with Crippen molar-refractivity contribution in [3.8, 4) is 0 Å². The molecule has 1 aliphatic rings. The summed E-state index contributed by atoms with van der Waals surface area (Å²) in [5.74, 6) is 0.649. The zero-order chi connectivity index (χ0) is 11.0. The van der Waals surface area contributed by atoms with Crippen LogP contribution in [-0.2, 0) is 0 Å². The fraction of sp³-hybridized carbons (Fsp3) is 0.462. The lowest BCUT2D eigenvalue weighted by atomic mass is 9.94. The molecule has 16 heavy (non-hydrogen) atoms. The van der Waals surface area contributed by atoms with Crippen molar-refractivity contribution in [2.45, 2.75) is 18.8 Å². The highest BCUT2D eigenvalue weighted by Gasteiger charge is 2.20. The Bertz CT molecular complexity index is 448. The second-order valence-electron chi connectivity index (χ2n) is 4.72. The zero-order valence-electron chi connectivity index (χ0n) is 9.63. The van der Waals surface area contributed by atoms with E-state index in [0.717, 1.165) is 0 Å². The van der Waals surface area contributed by atoms with E-state index >= 15 is 0 Å². The zero-order valence-corrected chi connectivity index (χ0v) is 9.63. The minimum Gasteiger partial charge on any atom is -0.306 e. The van der Waals surface area contributed by atoms with Crippen LogP contribution in [0.25, 0.3) is 5.52 Å². The summed E-state index contributed by atoms with van der Waals surface area (Å²) in [7, 11) is 2.19. The van der Waals surface area contributed by atoms with Crippen LogP contribution < -0.4 is 0 Å². The van der Waals surface area contributed by atoms with Gasteiger partial charge >= 0.3 is 0 Å². The van der Waals surface area contributed by atoms with Crippen LogP contribution in [-0.4, -0.2) is 34.7 Å². The maximum Gasteiger partial charge on any atom is 0.0667 e. The van der Waals surface area contributed by atoms with Gasteiger partial charge < -0.3 is 4.90 Å². The SMILES string of the molecule is CN1CCC(c2cc3ccccn3n2)CC1. The number of nitrogens with zero attached hydrogens (tertiary/aromatic N) is 3. The summed E-state index contributed by atoms with van der Waals surface area (Å²) in [5, 5.41) is 4.66. The molecule has 3 heteroatoms. The molecule has 0 radical (unpaired) electrons. The number of piperidine rings is 1. The number of fused-ring (bicyclic) bond motifs is 1. The van der Waals surface area contributed by atoms with Gasteiger partial charge in [-0.1, -0.05) is 6.07 Å². The van der Waals surface area contributed by atoms with Gasteiger partial charge in [-0.05, 0) is 51.2 Å². The van der Waals surface area contributed by atoms with Crippen LogP contribution in [0, 0.1) is 0 Å². The molecule has 0 N–H and O–H groups in total. The molecule has 0 bridgehead atoms. The minimum atomic E-state index is 0.649. The molecule has 2 aromatic rings. The van der Waals surface area contributed by atoms with Crippen LogP contribution in [0.5, 0.6) is 0 Å². The van der Waals surface area contributed by atoms with Crippen molar-refractivity contribution in [2.75, 3.05) is 20.1 Å². The number of hydrogen-bond acceptors (Lipinski definition) is 2. The molecule has 0 unspecified atom stereocenters. The van der Waals surface area contributed by atoms with E-state index in [1.807, 2.05) is 16.8 Å². The van der Waals surface area contributed by atoms with Crippen molar-refractivity contribution in [1.82, 2.24) is 14.5 Å². The Kier molecular flexibility index (Phi) is 2.40. The van der Waals surface area contributed by atoms with E-state index in [2.05, 4.69) is 35.2 Å². The van der Waals surface area contributed by atoms with Gasteiger partial charge in [-0.3, -0.25) is 0 Å². The van der Waals surface area contributed by atoms with Crippen LogP contribution in [0.2, 0.25) is 0 Å². The van der Waals surface area contributed by atoms with Crippen LogP contribution in [0.15, 0.2) is 30.5 Å². The molecular formula is C13H17N3. The third-order valence-electron chi connectivity index (χ3n) is 3.53. The van der Waals surface area contributed by atoms with Gasteiger partial charge in [-0.25, -0.2) is 4.52 Å². The maximum absolute atomic E-state index is 4.66. The first kappa shape index (κ1) is 9.85. The Morgan fingerprint density at radius 3 is 2.81 bits per heavy atom. The molecule has 1 aliphatic heterocycles. The lowest BCUT2D eigenvalue weighted by Crippen LogP contribution is -2.29. The second-order valence-corrected chi connectivity index (χ2v) is 4.72. The number of pyridine rings is 1. The van der Waals surface area contributed by atoms with Crippen molar-refractivity contribution in [1.29, 1.82) is 0 Å². The van der Waals surface area contributed by atoms with Gasteiger partial charge in [0.05, 0.1) is 11.2 Å². The fourth-order valence-corrected chi connectivity index (χ4v) is 2.46. The van der Waals surface area contributed by atoms with Crippen molar-refractivity contribution >= 4 is 5.52 Å². The topological polar surface area (TPSA) is 20.5 Å². The summed E-state index contributed by atoms with van der Waals surface area (Å²) in [6.07, 6.45) is 4.49. The molecule has 0 amide bonds. The molecule has 0 aromatic carbocycles.